The third-order valence-electron chi connectivity index (χ3n) is 6.05. The SMILES string of the molecule is CCCCCCCCCCCCC(C)C(C)(C(=O)O)C(C(=O)O)[N+](C)(C)C. The van der Waals surface area contributed by atoms with Crippen LogP contribution in [0.15, 0.2) is 0 Å². The van der Waals surface area contributed by atoms with E-state index in [-0.39, 0.29) is 10.4 Å². The van der Waals surface area contributed by atoms with Gasteiger partial charge in [0.05, 0.1) is 21.1 Å². The Morgan fingerprint density at radius 2 is 1.26 bits per heavy atom. The Labute approximate surface area is 166 Å². The molecule has 5 heteroatoms. The van der Waals surface area contributed by atoms with Crippen LogP contribution in [0.3, 0.4) is 0 Å². The first-order chi connectivity index (χ1) is 12.5. The predicted octanol–water partition coefficient (Wildman–Crippen LogP) is 5.18. The lowest BCUT2D eigenvalue weighted by atomic mass is 9.69. The molecule has 0 saturated heterocycles. The van der Waals surface area contributed by atoms with Crippen molar-refractivity contribution in [3.05, 3.63) is 0 Å². The fraction of sp³-hybridized carbons (Fsp3) is 0.909. The van der Waals surface area contributed by atoms with Crippen molar-refractivity contribution in [2.24, 2.45) is 11.3 Å². The van der Waals surface area contributed by atoms with Crippen LogP contribution in [-0.2, 0) is 9.59 Å². The number of carboxylic acid groups (broad SMARTS) is 2. The van der Waals surface area contributed by atoms with Gasteiger partial charge in [0, 0.05) is 0 Å². The van der Waals surface area contributed by atoms with Crippen LogP contribution in [0.4, 0.5) is 0 Å². The van der Waals surface area contributed by atoms with Gasteiger partial charge in [0.25, 0.3) is 0 Å². The molecule has 0 saturated carbocycles. The fourth-order valence-corrected chi connectivity index (χ4v) is 4.23. The third kappa shape index (κ3) is 8.63. The van der Waals surface area contributed by atoms with E-state index in [0.717, 1.165) is 19.3 Å². The minimum Gasteiger partial charge on any atom is -0.481 e. The summed E-state index contributed by atoms with van der Waals surface area (Å²) in [5, 5.41) is 19.6. The van der Waals surface area contributed by atoms with Crippen molar-refractivity contribution in [2.75, 3.05) is 21.1 Å². The van der Waals surface area contributed by atoms with E-state index in [2.05, 4.69) is 6.92 Å². The van der Waals surface area contributed by atoms with Gasteiger partial charge in [-0.15, -0.1) is 0 Å². The maximum Gasteiger partial charge on any atom is 0.363 e. The van der Waals surface area contributed by atoms with Gasteiger partial charge in [0.2, 0.25) is 6.04 Å². The van der Waals surface area contributed by atoms with E-state index >= 15 is 0 Å². The minimum absolute atomic E-state index is 0.0977. The third-order valence-corrected chi connectivity index (χ3v) is 6.05. The maximum absolute atomic E-state index is 12.1. The number of nitrogens with zero attached hydrogens (tertiary/aromatic N) is 1. The molecular formula is C22H44NO4+. The van der Waals surface area contributed by atoms with Crippen molar-refractivity contribution in [3.8, 4) is 0 Å². The van der Waals surface area contributed by atoms with Crippen molar-refractivity contribution in [1.29, 1.82) is 0 Å². The lowest BCUT2D eigenvalue weighted by molar-refractivity contribution is -0.894. The van der Waals surface area contributed by atoms with Crippen molar-refractivity contribution >= 4 is 11.9 Å². The monoisotopic (exact) mass is 386 g/mol. The van der Waals surface area contributed by atoms with E-state index in [1.165, 1.54) is 51.4 Å². The second-order valence-corrected chi connectivity index (χ2v) is 9.32. The van der Waals surface area contributed by atoms with E-state index in [1.54, 1.807) is 28.1 Å². The zero-order valence-corrected chi connectivity index (χ0v) is 18.6. The van der Waals surface area contributed by atoms with Crippen LogP contribution in [0, 0.1) is 11.3 Å². The molecule has 3 atom stereocenters. The first kappa shape index (κ1) is 25.9. The molecule has 0 aromatic carbocycles. The van der Waals surface area contributed by atoms with E-state index in [0.29, 0.717) is 0 Å². The number of unbranched alkanes of at least 4 members (excludes halogenated alkanes) is 9. The molecule has 3 unspecified atom stereocenters. The van der Waals surface area contributed by atoms with Gasteiger partial charge in [0.15, 0.2) is 0 Å². The average Bonchev–Trinajstić information content (AvgIpc) is 2.54. The molecule has 0 heterocycles. The lowest BCUT2D eigenvalue weighted by Gasteiger charge is -2.43. The molecule has 160 valence electrons. The normalized spacial score (nSPS) is 16.5. The molecule has 0 radical (unpaired) electrons. The number of aliphatic carboxylic acids is 2. The van der Waals surface area contributed by atoms with Gasteiger partial charge in [-0.05, 0) is 19.3 Å². The summed E-state index contributed by atoms with van der Waals surface area (Å²) >= 11 is 0. The summed E-state index contributed by atoms with van der Waals surface area (Å²) in [7, 11) is 5.27. The summed E-state index contributed by atoms with van der Waals surface area (Å²) in [6.07, 6.45) is 13.1. The van der Waals surface area contributed by atoms with Crippen molar-refractivity contribution < 1.29 is 24.3 Å². The molecule has 27 heavy (non-hydrogen) atoms. The first-order valence-electron chi connectivity index (χ1n) is 10.8. The topological polar surface area (TPSA) is 74.6 Å². The largest absolute Gasteiger partial charge is 0.481 e. The Morgan fingerprint density at radius 1 is 0.852 bits per heavy atom. The molecule has 0 aliphatic heterocycles. The molecule has 0 amide bonds. The fourth-order valence-electron chi connectivity index (χ4n) is 4.23. The summed E-state index contributed by atoms with van der Waals surface area (Å²) in [6, 6.07) is -0.979. The predicted molar refractivity (Wildman–Crippen MR) is 111 cm³/mol. The Kier molecular flexibility index (Phi) is 11.9. The van der Waals surface area contributed by atoms with Gasteiger partial charge in [-0.25, -0.2) is 4.79 Å². The molecule has 0 aliphatic rings. The molecule has 0 aromatic rings. The van der Waals surface area contributed by atoms with Gasteiger partial charge in [-0.2, -0.15) is 0 Å². The van der Waals surface area contributed by atoms with E-state index in [1.807, 2.05) is 6.92 Å². The molecule has 0 aromatic heterocycles. The van der Waals surface area contributed by atoms with Crippen molar-refractivity contribution in [3.63, 3.8) is 0 Å². The van der Waals surface area contributed by atoms with Crippen LogP contribution in [0.25, 0.3) is 0 Å². The molecule has 0 fully saturated rings. The van der Waals surface area contributed by atoms with Gasteiger partial charge >= 0.3 is 11.9 Å². The summed E-state index contributed by atoms with van der Waals surface area (Å²) in [4.78, 5) is 23.9. The Bertz CT molecular complexity index is 444. The Morgan fingerprint density at radius 3 is 1.59 bits per heavy atom. The molecular weight excluding hydrogens is 342 g/mol. The smallest absolute Gasteiger partial charge is 0.363 e. The highest BCUT2D eigenvalue weighted by Gasteiger charge is 2.56. The summed E-state index contributed by atoms with van der Waals surface area (Å²) < 4.78 is 0.0977. The van der Waals surface area contributed by atoms with Crippen LogP contribution in [0.1, 0.15) is 91.4 Å². The quantitative estimate of drug-likeness (QED) is 0.283. The standard InChI is InChI=1S/C22H43NO4/c1-7-8-9-10-11-12-13-14-15-16-17-18(2)22(3,21(26)27)19(20(24)25)23(4,5)6/h18-19H,7-17H2,1-6H3,(H-,24,25,26,27)/p+1. The molecule has 0 rings (SSSR count). The van der Waals surface area contributed by atoms with Gasteiger partial charge < -0.3 is 14.7 Å². The highest BCUT2D eigenvalue weighted by atomic mass is 16.4. The molecule has 0 spiro atoms. The van der Waals surface area contributed by atoms with Gasteiger partial charge in [-0.1, -0.05) is 78.1 Å². The zero-order valence-electron chi connectivity index (χ0n) is 18.6. The number of hydrogen-bond acceptors (Lipinski definition) is 2. The van der Waals surface area contributed by atoms with Gasteiger partial charge in [0.1, 0.15) is 5.41 Å². The first-order valence-corrected chi connectivity index (χ1v) is 10.8. The molecule has 2 N–H and O–H groups in total. The molecule has 0 bridgehead atoms. The van der Waals surface area contributed by atoms with Crippen LogP contribution >= 0.6 is 0 Å². The zero-order chi connectivity index (χ0) is 21.1. The second kappa shape index (κ2) is 12.4. The molecule has 0 aliphatic carbocycles. The number of quaternary nitrogens is 1. The highest BCUT2D eigenvalue weighted by Crippen LogP contribution is 2.39. The lowest BCUT2D eigenvalue weighted by Crippen LogP contribution is -2.62. The van der Waals surface area contributed by atoms with E-state index in [9.17, 15) is 19.8 Å². The van der Waals surface area contributed by atoms with E-state index in [4.69, 9.17) is 0 Å². The minimum atomic E-state index is -1.29. The number of hydrogen-bond donors (Lipinski definition) is 2. The summed E-state index contributed by atoms with van der Waals surface area (Å²) in [5.74, 6) is -2.24. The number of rotatable bonds is 16. The summed E-state index contributed by atoms with van der Waals surface area (Å²) in [5.41, 5.74) is -1.29. The Hall–Kier alpha value is -1.10. The van der Waals surface area contributed by atoms with Crippen molar-refractivity contribution in [2.45, 2.75) is 97.4 Å². The highest BCUT2D eigenvalue weighted by molar-refractivity contribution is 5.85. The van der Waals surface area contributed by atoms with Crippen LogP contribution < -0.4 is 0 Å². The van der Waals surface area contributed by atoms with Crippen molar-refractivity contribution in [1.82, 2.24) is 0 Å². The molecule has 5 nitrogen and oxygen atoms in total. The summed E-state index contributed by atoms with van der Waals surface area (Å²) in [6.45, 7) is 5.74. The van der Waals surface area contributed by atoms with Crippen LogP contribution in [-0.4, -0.2) is 53.8 Å². The maximum atomic E-state index is 12.1. The van der Waals surface area contributed by atoms with Gasteiger partial charge in [-0.3, -0.25) is 4.79 Å². The number of likely N-dealkylation sites (N-methyl/N-ethyl adjacent to an activating group) is 1. The van der Waals surface area contributed by atoms with Crippen LogP contribution in [0.2, 0.25) is 0 Å². The average molecular weight is 387 g/mol. The van der Waals surface area contributed by atoms with E-state index < -0.39 is 23.4 Å². The number of carboxylic acids is 2. The van der Waals surface area contributed by atoms with Crippen LogP contribution in [0.5, 0.6) is 0 Å². The number of carbonyl (C=O) groups is 2. The second-order valence-electron chi connectivity index (χ2n) is 9.32. The Balaban J connectivity index is 4.47.